The highest BCUT2D eigenvalue weighted by Crippen LogP contribution is 2.34. The van der Waals surface area contributed by atoms with Gasteiger partial charge in [0.15, 0.2) is 0 Å². The van der Waals surface area contributed by atoms with E-state index in [9.17, 15) is 0 Å². The van der Waals surface area contributed by atoms with Gasteiger partial charge in [-0.1, -0.05) is 45.7 Å². The average molecular weight is 452 g/mol. The van der Waals surface area contributed by atoms with Gasteiger partial charge in [-0.3, -0.25) is 0 Å². The highest BCUT2D eigenvalue weighted by atomic mass is 127. The first-order valence-electron chi connectivity index (χ1n) is 5.82. The van der Waals surface area contributed by atoms with Gasteiger partial charge in [0.2, 0.25) is 0 Å². The Kier molecular flexibility index (Phi) is 5.54. The molecule has 0 aliphatic rings. The third-order valence-electron chi connectivity index (χ3n) is 2.89. The lowest BCUT2D eigenvalue weighted by Crippen LogP contribution is -2.00. The average Bonchev–Trinajstić information content (AvgIpc) is 2.42. The van der Waals surface area contributed by atoms with E-state index in [0.717, 1.165) is 17.2 Å². The molecular weight excluding hydrogens is 438 g/mol. The van der Waals surface area contributed by atoms with Gasteiger partial charge in [0.25, 0.3) is 0 Å². The minimum Gasteiger partial charge on any atom is -0.496 e. The van der Waals surface area contributed by atoms with Gasteiger partial charge in [0.1, 0.15) is 5.75 Å². The molecule has 0 radical (unpaired) electrons. The van der Waals surface area contributed by atoms with Crippen LogP contribution in [0.2, 0.25) is 5.02 Å². The Hall–Kier alpha value is -0.260. The van der Waals surface area contributed by atoms with Crippen molar-refractivity contribution in [2.45, 2.75) is 11.2 Å². The van der Waals surface area contributed by atoms with Crippen molar-refractivity contribution in [2.24, 2.45) is 0 Å². The highest BCUT2D eigenvalue weighted by Gasteiger charge is 2.14. The molecule has 100 valence electrons. The fourth-order valence-corrected chi connectivity index (χ4v) is 3.98. The summed E-state index contributed by atoms with van der Waals surface area (Å²) in [6, 6.07) is 14.0. The Bertz CT molecular complexity index is 574. The third-order valence-corrected chi connectivity index (χ3v) is 4.92. The fourth-order valence-electron chi connectivity index (χ4n) is 1.93. The van der Waals surface area contributed by atoms with Crippen molar-refractivity contribution in [1.82, 2.24) is 0 Å². The van der Waals surface area contributed by atoms with Crippen LogP contribution in [0.4, 0.5) is 0 Å². The zero-order valence-corrected chi connectivity index (χ0v) is 14.9. The number of ether oxygens (including phenoxy) is 1. The summed E-state index contributed by atoms with van der Waals surface area (Å²) in [5.74, 6) is 0.920. The maximum Gasteiger partial charge on any atom is 0.122 e. The number of hydrogen-bond acceptors (Lipinski definition) is 1. The Morgan fingerprint density at radius 1 is 1.26 bits per heavy atom. The van der Waals surface area contributed by atoms with Crippen LogP contribution in [0.1, 0.15) is 16.0 Å². The van der Waals surface area contributed by atoms with E-state index in [1.54, 1.807) is 7.11 Å². The van der Waals surface area contributed by atoms with Gasteiger partial charge < -0.3 is 4.74 Å². The number of benzene rings is 2. The molecule has 0 spiro atoms. The zero-order valence-electron chi connectivity index (χ0n) is 10.4. The molecule has 0 heterocycles. The van der Waals surface area contributed by atoms with Crippen LogP contribution < -0.4 is 4.74 Å². The second kappa shape index (κ2) is 6.95. The van der Waals surface area contributed by atoms with Crippen LogP contribution in [0.25, 0.3) is 0 Å². The van der Waals surface area contributed by atoms with E-state index in [1.165, 1.54) is 14.7 Å². The van der Waals surface area contributed by atoms with Crippen molar-refractivity contribution in [3.8, 4) is 5.75 Å². The van der Waals surface area contributed by atoms with Crippen molar-refractivity contribution in [3.05, 3.63) is 62.2 Å². The minimum atomic E-state index is 0.217. The van der Waals surface area contributed by atoms with Crippen molar-refractivity contribution >= 4 is 50.1 Å². The summed E-state index contributed by atoms with van der Waals surface area (Å²) in [5.41, 5.74) is 2.39. The normalized spacial score (nSPS) is 12.2. The molecule has 0 saturated carbocycles. The van der Waals surface area contributed by atoms with E-state index < -0.39 is 0 Å². The number of alkyl halides is 1. The standard InChI is InChI=1S/C15H13BrClIO/c1-19-15-5-3-2-4-10(15)8-13(16)12-9-11(17)6-7-14(12)18/h2-7,9,13H,8H2,1H3. The van der Waals surface area contributed by atoms with Gasteiger partial charge in [-0.15, -0.1) is 0 Å². The van der Waals surface area contributed by atoms with Gasteiger partial charge in [-0.2, -0.15) is 0 Å². The summed E-state index contributed by atoms with van der Waals surface area (Å²) < 4.78 is 6.59. The molecule has 2 aromatic rings. The first-order valence-corrected chi connectivity index (χ1v) is 8.20. The SMILES string of the molecule is COc1ccccc1CC(Br)c1cc(Cl)ccc1I. The molecule has 2 rings (SSSR count). The van der Waals surface area contributed by atoms with E-state index >= 15 is 0 Å². The van der Waals surface area contributed by atoms with E-state index in [1.807, 2.05) is 36.4 Å². The van der Waals surface area contributed by atoms with Crippen molar-refractivity contribution in [1.29, 1.82) is 0 Å². The number of rotatable bonds is 4. The van der Waals surface area contributed by atoms with Crippen LogP contribution in [0, 0.1) is 3.57 Å². The third kappa shape index (κ3) is 3.86. The molecular formula is C15H13BrClIO. The Balaban J connectivity index is 2.25. The first kappa shape index (κ1) is 15.1. The molecule has 0 aromatic heterocycles. The van der Waals surface area contributed by atoms with Gasteiger partial charge >= 0.3 is 0 Å². The molecule has 19 heavy (non-hydrogen) atoms. The lowest BCUT2D eigenvalue weighted by Gasteiger charge is -2.15. The molecule has 4 heteroatoms. The molecule has 2 aromatic carbocycles. The van der Waals surface area contributed by atoms with Gasteiger partial charge in [-0.05, 0) is 64.4 Å². The van der Waals surface area contributed by atoms with Crippen LogP contribution in [-0.4, -0.2) is 7.11 Å². The lowest BCUT2D eigenvalue weighted by atomic mass is 10.0. The zero-order chi connectivity index (χ0) is 13.8. The molecule has 0 amide bonds. The molecule has 1 unspecified atom stereocenters. The minimum absolute atomic E-state index is 0.217. The van der Waals surface area contributed by atoms with Crippen molar-refractivity contribution in [3.63, 3.8) is 0 Å². The maximum absolute atomic E-state index is 6.07. The predicted octanol–water partition coefficient (Wildman–Crippen LogP) is 5.63. The van der Waals surface area contributed by atoms with E-state index in [4.69, 9.17) is 16.3 Å². The van der Waals surface area contributed by atoms with E-state index in [2.05, 4.69) is 44.6 Å². The molecule has 0 saturated heterocycles. The molecule has 0 aliphatic carbocycles. The first-order chi connectivity index (χ1) is 9.11. The fraction of sp³-hybridized carbons (Fsp3) is 0.200. The van der Waals surface area contributed by atoms with E-state index in [-0.39, 0.29) is 4.83 Å². The largest absolute Gasteiger partial charge is 0.496 e. The van der Waals surface area contributed by atoms with Crippen molar-refractivity contribution < 1.29 is 4.74 Å². The maximum atomic E-state index is 6.07. The topological polar surface area (TPSA) is 9.23 Å². The predicted molar refractivity (Wildman–Crippen MR) is 92.5 cm³/mol. The Morgan fingerprint density at radius 2 is 2.00 bits per heavy atom. The van der Waals surface area contributed by atoms with Crippen LogP contribution in [-0.2, 0) is 6.42 Å². The van der Waals surface area contributed by atoms with Crippen LogP contribution >= 0.6 is 50.1 Å². The number of halogens is 3. The summed E-state index contributed by atoms with van der Waals surface area (Å²) >= 11 is 12.2. The second-order valence-electron chi connectivity index (χ2n) is 4.15. The van der Waals surface area contributed by atoms with Gasteiger partial charge in [-0.25, -0.2) is 0 Å². The lowest BCUT2D eigenvalue weighted by molar-refractivity contribution is 0.409. The summed E-state index contributed by atoms with van der Waals surface area (Å²) in [6.07, 6.45) is 0.861. The van der Waals surface area contributed by atoms with Gasteiger partial charge in [0.05, 0.1) is 7.11 Å². The number of para-hydroxylation sites is 1. The summed E-state index contributed by atoms with van der Waals surface area (Å²) in [7, 11) is 1.70. The number of hydrogen-bond donors (Lipinski definition) is 0. The molecule has 0 aliphatic heterocycles. The smallest absolute Gasteiger partial charge is 0.122 e. The quantitative estimate of drug-likeness (QED) is 0.432. The van der Waals surface area contributed by atoms with Crippen molar-refractivity contribution in [2.75, 3.05) is 7.11 Å². The summed E-state index contributed by atoms with van der Waals surface area (Å²) in [5, 5.41) is 0.764. The molecule has 0 N–H and O–H groups in total. The monoisotopic (exact) mass is 450 g/mol. The van der Waals surface area contributed by atoms with E-state index in [0.29, 0.717) is 0 Å². The molecule has 1 atom stereocenters. The second-order valence-corrected chi connectivity index (χ2v) is 6.85. The van der Waals surface area contributed by atoms with Crippen LogP contribution in [0.5, 0.6) is 5.75 Å². The summed E-state index contributed by atoms with van der Waals surface area (Å²) in [6.45, 7) is 0. The molecule has 0 fully saturated rings. The van der Waals surface area contributed by atoms with Gasteiger partial charge in [0, 0.05) is 13.4 Å². The Morgan fingerprint density at radius 3 is 2.74 bits per heavy atom. The number of methoxy groups -OCH3 is 1. The van der Waals surface area contributed by atoms with Crippen LogP contribution in [0.15, 0.2) is 42.5 Å². The Labute approximate surface area is 140 Å². The summed E-state index contributed by atoms with van der Waals surface area (Å²) in [4.78, 5) is 0.217. The van der Waals surface area contributed by atoms with Crippen LogP contribution in [0.3, 0.4) is 0 Å². The molecule has 0 bridgehead atoms. The highest BCUT2D eigenvalue weighted by molar-refractivity contribution is 14.1. The molecule has 1 nitrogen and oxygen atoms in total.